The van der Waals surface area contributed by atoms with Crippen molar-refractivity contribution in [2.24, 2.45) is 5.73 Å². The standard InChI is InChI=1S/C7H4F3NO.ClH/c8-4-2-6(10)5(9)1-3(4)7(11)12;/h1-2H,(H2,11,12);1H. The lowest BCUT2D eigenvalue weighted by Crippen LogP contribution is -2.13. The second kappa shape index (κ2) is 4.13. The van der Waals surface area contributed by atoms with Crippen molar-refractivity contribution in [3.63, 3.8) is 0 Å². The van der Waals surface area contributed by atoms with Gasteiger partial charge in [-0.25, -0.2) is 13.2 Å². The molecule has 1 aromatic carbocycles. The van der Waals surface area contributed by atoms with Crippen molar-refractivity contribution in [3.8, 4) is 0 Å². The number of hydrogen-bond acceptors (Lipinski definition) is 1. The quantitative estimate of drug-likeness (QED) is 0.705. The highest BCUT2D eigenvalue weighted by Crippen LogP contribution is 2.12. The number of nitrogens with two attached hydrogens (primary N) is 1. The van der Waals surface area contributed by atoms with E-state index < -0.39 is 28.9 Å². The molecule has 0 aromatic heterocycles. The monoisotopic (exact) mass is 211 g/mol. The maximum Gasteiger partial charge on any atom is 0.251 e. The number of primary amides is 1. The van der Waals surface area contributed by atoms with E-state index in [-0.39, 0.29) is 18.5 Å². The molecule has 0 unspecified atom stereocenters. The van der Waals surface area contributed by atoms with E-state index in [0.717, 1.165) is 0 Å². The van der Waals surface area contributed by atoms with Crippen LogP contribution in [0.15, 0.2) is 12.1 Å². The summed E-state index contributed by atoms with van der Waals surface area (Å²) in [5.74, 6) is -4.95. The number of hydrogen-bond donors (Lipinski definition) is 1. The Balaban J connectivity index is 0.00000144. The van der Waals surface area contributed by atoms with Gasteiger partial charge in [0.2, 0.25) is 0 Å². The fourth-order valence-electron chi connectivity index (χ4n) is 0.711. The Bertz CT molecular complexity index is 343. The lowest BCUT2D eigenvalue weighted by molar-refractivity contribution is 0.0996. The van der Waals surface area contributed by atoms with E-state index in [1.807, 2.05) is 0 Å². The van der Waals surface area contributed by atoms with E-state index in [1.54, 1.807) is 0 Å². The summed E-state index contributed by atoms with van der Waals surface area (Å²) in [5, 5.41) is 0. The van der Waals surface area contributed by atoms with Gasteiger partial charge in [0.1, 0.15) is 5.82 Å². The van der Waals surface area contributed by atoms with Gasteiger partial charge in [-0.05, 0) is 6.07 Å². The van der Waals surface area contributed by atoms with Gasteiger partial charge in [-0.15, -0.1) is 12.4 Å². The van der Waals surface area contributed by atoms with E-state index >= 15 is 0 Å². The molecule has 0 saturated carbocycles. The van der Waals surface area contributed by atoms with E-state index in [9.17, 15) is 18.0 Å². The first-order valence-corrected chi connectivity index (χ1v) is 2.96. The van der Waals surface area contributed by atoms with Gasteiger partial charge in [-0.1, -0.05) is 0 Å². The second-order valence-electron chi connectivity index (χ2n) is 2.11. The molecule has 2 nitrogen and oxygen atoms in total. The van der Waals surface area contributed by atoms with Crippen LogP contribution in [-0.4, -0.2) is 5.91 Å². The predicted molar refractivity (Wildman–Crippen MR) is 42.1 cm³/mol. The number of carbonyl (C=O) groups is 1. The van der Waals surface area contributed by atoms with Crippen LogP contribution in [0.3, 0.4) is 0 Å². The third-order valence-corrected chi connectivity index (χ3v) is 1.28. The van der Waals surface area contributed by atoms with Crippen LogP contribution in [0.1, 0.15) is 10.4 Å². The van der Waals surface area contributed by atoms with Crippen molar-refractivity contribution < 1.29 is 18.0 Å². The van der Waals surface area contributed by atoms with Gasteiger partial charge in [0.15, 0.2) is 11.6 Å². The van der Waals surface area contributed by atoms with Crippen LogP contribution < -0.4 is 5.73 Å². The number of amides is 1. The molecule has 1 aromatic rings. The molecule has 0 atom stereocenters. The molecular formula is C7H5ClF3NO. The van der Waals surface area contributed by atoms with E-state index in [0.29, 0.717) is 6.07 Å². The summed E-state index contributed by atoms with van der Waals surface area (Å²) in [5.41, 5.74) is 4.01. The Hall–Kier alpha value is -1.23. The topological polar surface area (TPSA) is 43.1 Å². The summed E-state index contributed by atoms with van der Waals surface area (Å²) < 4.78 is 37.2. The van der Waals surface area contributed by atoms with Crippen LogP contribution in [0.2, 0.25) is 0 Å². The molecular weight excluding hydrogens is 207 g/mol. The molecule has 0 fully saturated rings. The Kier molecular flexibility index (Phi) is 3.74. The fraction of sp³-hybridized carbons (Fsp3) is 0. The summed E-state index contributed by atoms with van der Waals surface area (Å²) >= 11 is 0. The molecule has 72 valence electrons. The largest absolute Gasteiger partial charge is 0.366 e. The zero-order valence-corrected chi connectivity index (χ0v) is 7.00. The molecule has 0 aliphatic carbocycles. The maximum absolute atomic E-state index is 12.6. The zero-order chi connectivity index (χ0) is 9.30. The number of carbonyl (C=O) groups excluding carboxylic acids is 1. The van der Waals surface area contributed by atoms with E-state index in [1.165, 1.54) is 0 Å². The van der Waals surface area contributed by atoms with Crippen molar-refractivity contribution in [2.45, 2.75) is 0 Å². The molecule has 0 spiro atoms. The first-order chi connectivity index (χ1) is 5.52. The van der Waals surface area contributed by atoms with Crippen LogP contribution in [0, 0.1) is 17.5 Å². The van der Waals surface area contributed by atoms with Gasteiger partial charge < -0.3 is 5.73 Å². The number of halogens is 4. The molecule has 2 N–H and O–H groups in total. The molecule has 0 aliphatic rings. The number of rotatable bonds is 1. The van der Waals surface area contributed by atoms with Crippen LogP contribution in [0.5, 0.6) is 0 Å². The summed E-state index contributed by atoms with van der Waals surface area (Å²) in [6.45, 7) is 0. The Morgan fingerprint density at radius 2 is 1.54 bits per heavy atom. The van der Waals surface area contributed by atoms with Gasteiger partial charge in [-0.3, -0.25) is 4.79 Å². The normalized spacial score (nSPS) is 9.15. The van der Waals surface area contributed by atoms with Crippen LogP contribution in [-0.2, 0) is 0 Å². The molecule has 0 aliphatic heterocycles. The first kappa shape index (κ1) is 11.8. The highest BCUT2D eigenvalue weighted by Gasteiger charge is 2.12. The molecule has 1 rings (SSSR count). The highest BCUT2D eigenvalue weighted by atomic mass is 35.5. The summed E-state index contributed by atoms with van der Waals surface area (Å²) in [6.07, 6.45) is 0. The smallest absolute Gasteiger partial charge is 0.251 e. The highest BCUT2D eigenvalue weighted by molar-refractivity contribution is 5.93. The second-order valence-corrected chi connectivity index (χ2v) is 2.11. The van der Waals surface area contributed by atoms with Gasteiger partial charge in [-0.2, -0.15) is 0 Å². The average molecular weight is 212 g/mol. The molecule has 13 heavy (non-hydrogen) atoms. The van der Waals surface area contributed by atoms with E-state index in [4.69, 9.17) is 0 Å². The molecule has 0 radical (unpaired) electrons. The fourth-order valence-corrected chi connectivity index (χ4v) is 0.711. The van der Waals surface area contributed by atoms with Crippen molar-refractivity contribution in [1.82, 2.24) is 0 Å². The Morgan fingerprint density at radius 3 is 2.00 bits per heavy atom. The SMILES string of the molecule is Cl.NC(=O)c1cc(F)c(F)cc1F. The minimum absolute atomic E-state index is 0. The van der Waals surface area contributed by atoms with Crippen LogP contribution in [0.4, 0.5) is 13.2 Å². The lowest BCUT2D eigenvalue weighted by atomic mass is 10.2. The minimum Gasteiger partial charge on any atom is -0.366 e. The first-order valence-electron chi connectivity index (χ1n) is 2.96. The van der Waals surface area contributed by atoms with Crippen molar-refractivity contribution in [3.05, 3.63) is 35.1 Å². The summed E-state index contributed by atoms with van der Waals surface area (Å²) in [4.78, 5) is 10.4. The maximum atomic E-state index is 12.6. The van der Waals surface area contributed by atoms with Gasteiger partial charge >= 0.3 is 0 Å². The predicted octanol–water partition coefficient (Wildman–Crippen LogP) is 1.62. The third-order valence-electron chi connectivity index (χ3n) is 1.28. The zero-order valence-electron chi connectivity index (χ0n) is 6.18. The Labute approximate surface area is 77.9 Å². The molecule has 6 heteroatoms. The van der Waals surface area contributed by atoms with Gasteiger partial charge in [0.05, 0.1) is 5.56 Å². The van der Waals surface area contributed by atoms with Crippen molar-refractivity contribution in [1.29, 1.82) is 0 Å². The van der Waals surface area contributed by atoms with E-state index in [2.05, 4.69) is 5.73 Å². The molecule has 0 bridgehead atoms. The summed E-state index contributed by atoms with van der Waals surface area (Å²) in [7, 11) is 0. The minimum atomic E-state index is -1.35. The van der Waals surface area contributed by atoms with Crippen LogP contribution in [0.25, 0.3) is 0 Å². The number of benzene rings is 1. The van der Waals surface area contributed by atoms with Gasteiger partial charge in [0.25, 0.3) is 5.91 Å². The summed E-state index contributed by atoms with van der Waals surface area (Å²) in [6, 6.07) is 0.697. The molecule has 0 saturated heterocycles. The van der Waals surface area contributed by atoms with Crippen molar-refractivity contribution >= 4 is 18.3 Å². The molecule has 1 amide bonds. The van der Waals surface area contributed by atoms with Crippen LogP contribution >= 0.6 is 12.4 Å². The van der Waals surface area contributed by atoms with Crippen molar-refractivity contribution in [2.75, 3.05) is 0 Å². The van der Waals surface area contributed by atoms with Gasteiger partial charge in [0, 0.05) is 6.07 Å². The molecule has 0 heterocycles. The third kappa shape index (κ3) is 2.35. The average Bonchev–Trinajstić information content (AvgIpc) is 1.96. The Morgan fingerprint density at radius 1 is 1.08 bits per heavy atom. The lowest BCUT2D eigenvalue weighted by Gasteiger charge is -1.98.